The van der Waals surface area contributed by atoms with Crippen LogP contribution in [0.1, 0.15) is 51.1 Å². The van der Waals surface area contributed by atoms with Crippen molar-refractivity contribution in [3.8, 4) is 0 Å². The van der Waals surface area contributed by atoms with Crippen molar-refractivity contribution in [2.45, 2.75) is 46.0 Å². The molecule has 0 aliphatic carbocycles. The standard InChI is InChI=1S/C27H29FN6O4/c1-5-14(2)27(13-17-8-6-7-9-20(17)28,25-31-22-23(32-25)33-26(38)34-24(22)37)19-11-10-18(29-15(3)35)12-21(19)30-16(4)36/h6-12,14H,5,13H2,1-4H3,(H,29,35)(H,30,36)(H3,31,32,33,34,37,38). The first-order valence-corrected chi connectivity index (χ1v) is 12.2. The Balaban J connectivity index is 2.10. The molecular formula is C27H29FN6O4. The number of aromatic nitrogens is 4. The summed E-state index contributed by atoms with van der Waals surface area (Å²) < 4.78 is 15.1. The number of imidazole rings is 1. The molecule has 2 amide bonds. The van der Waals surface area contributed by atoms with Gasteiger partial charge in [0.1, 0.15) is 17.2 Å². The SMILES string of the molecule is CCC(C)C(Cc1ccccc1F)(c1nc2[nH]c(=O)[nH]c(=O)c2[nH]1)c1ccc(NC(C)=O)cc1NC(C)=O. The van der Waals surface area contributed by atoms with Gasteiger partial charge in [0.05, 0.1) is 5.41 Å². The third-order valence-electron chi connectivity index (χ3n) is 6.82. The number of nitrogens with zero attached hydrogens (tertiary/aromatic N) is 1. The third-order valence-corrected chi connectivity index (χ3v) is 6.82. The molecular weight excluding hydrogens is 491 g/mol. The second kappa shape index (κ2) is 10.4. The molecule has 5 N–H and O–H groups in total. The highest BCUT2D eigenvalue weighted by atomic mass is 19.1. The summed E-state index contributed by atoms with van der Waals surface area (Å²) in [5.74, 6) is -0.950. The van der Waals surface area contributed by atoms with Gasteiger partial charge in [0, 0.05) is 25.2 Å². The average molecular weight is 521 g/mol. The van der Waals surface area contributed by atoms with E-state index in [-0.39, 0.29) is 35.3 Å². The second-order valence-corrected chi connectivity index (χ2v) is 9.39. The molecule has 2 aromatic heterocycles. The smallest absolute Gasteiger partial charge is 0.327 e. The number of carbonyl (C=O) groups excluding carboxylic acids is 2. The molecule has 0 bridgehead atoms. The van der Waals surface area contributed by atoms with Crippen molar-refractivity contribution in [2.75, 3.05) is 10.6 Å². The van der Waals surface area contributed by atoms with Gasteiger partial charge >= 0.3 is 5.69 Å². The van der Waals surface area contributed by atoms with Crippen LogP contribution in [-0.2, 0) is 21.4 Å². The summed E-state index contributed by atoms with van der Waals surface area (Å²) in [6.07, 6.45) is 0.730. The number of amides is 2. The molecule has 2 heterocycles. The minimum absolute atomic E-state index is 0.0610. The monoisotopic (exact) mass is 520 g/mol. The van der Waals surface area contributed by atoms with E-state index in [0.29, 0.717) is 34.7 Å². The number of H-pyrrole nitrogens is 3. The van der Waals surface area contributed by atoms with Gasteiger partial charge in [-0.05, 0) is 41.7 Å². The number of hydrogen-bond acceptors (Lipinski definition) is 5. The number of anilines is 2. The summed E-state index contributed by atoms with van der Waals surface area (Å²) in [4.78, 5) is 61.0. The average Bonchev–Trinajstić information content (AvgIpc) is 3.27. The highest BCUT2D eigenvalue weighted by molar-refractivity contribution is 5.93. The van der Waals surface area contributed by atoms with Crippen LogP contribution in [0.25, 0.3) is 11.2 Å². The summed E-state index contributed by atoms with van der Waals surface area (Å²) in [7, 11) is 0. The van der Waals surface area contributed by atoms with Crippen LogP contribution in [0, 0.1) is 11.7 Å². The third kappa shape index (κ3) is 4.99. The zero-order chi connectivity index (χ0) is 27.6. The summed E-state index contributed by atoms with van der Waals surface area (Å²) in [5.41, 5.74) is -0.485. The summed E-state index contributed by atoms with van der Waals surface area (Å²) in [5, 5.41) is 5.56. The fourth-order valence-corrected chi connectivity index (χ4v) is 4.92. The van der Waals surface area contributed by atoms with Crippen LogP contribution in [0.5, 0.6) is 0 Å². The van der Waals surface area contributed by atoms with Gasteiger partial charge in [0.2, 0.25) is 11.8 Å². The van der Waals surface area contributed by atoms with E-state index in [0.717, 1.165) is 0 Å². The minimum atomic E-state index is -1.11. The number of carbonyl (C=O) groups is 2. The van der Waals surface area contributed by atoms with E-state index in [1.807, 2.05) is 13.8 Å². The lowest BCUT2D eigenvalue weighted by molar-refractivity contribution is -0.115. The van der Waals surface area contributed by atoms with Gasteiger partial charge in [-0.25, -0.2) is 14.2 Å². The first-order valence-electron chi connectivity index (χ1n) is 12.2. The molecule has 0 aliphatic rings. The fraction of sp³-hybridized carbons (Fsp3) is 0.296. The Morgan fingerprint density at radius 1 is 1.03 bits per heavy atom. The maximum atomic E-state index is 15.1. The van der Waals surface area contributed by atoms with E-state index in [2.05, 4.69) is 30.6 Å². The zero-order valence-corrected chi connectivity index (χ0v) is 21.5. The molecule has 38 heavy (non-hydrogen) atoms. The number of benzene rings is 2. The van der Waals surface area contributed by atoms with Gasteiger partial charge in [-0.3, -0.25) is 24.4 Å². The molecule has 198 valence electrons. The van der Waals surface area contributed by atoms with Crippen molar-refractivity contribution in [2.24, 2.45) is 5.92 Å². The second-order valence-electron chi connectivity index (χ2n) is 9.39. The van der Waals surface area contributed by atoms with Gasteiger partial charge in [-0.15, -0.1) is 0 Å². The maximum Gasteiger partial charge on any atom is 0.327 e. The highest BCUT2D eigenvalue weighted by Crippen LogP contribution is 2.46. The lowest BCUT2D eigenvalue weighted by Crippen LogP contribution is -2.40. The van der Waals surface area contributed by atoms with Crippen molar-refractivity contribution in [3.63, 3.8) is 0 Å². The first kappa shape index (κ1) is 26.5. The van der Waals surface area contributed by atoms with Gasteiger partial charge in [0.15, 0.2) is 5.65 Å². The largest absolute Gasteiger partial charge is 0.335 e. The van der Waals surface area contributed by atoms with Crippen LogP contribution in [0.4, 0.5) is 15.8 Å². The van der Waals surface area contributed by atoms with E-state index in [9.17, 15) is 19.2 Å². The van der Waals surface area contributed by atoms with Gasteiger partial charge in [-0.1, -0.05) is 44.5 Å². The molecule has 0 saturated heterocycles. The molecule has 2 unspecified atom stereocenters. The normalized spacial score (nSPS) is 13.6. The zero-order valence-electron chi connectivity index (χ0n) is 21.5. The minimum Gasteiger partial charge on any atom is -0.335 e. The molecule has 0 aliphatic heterocycles. The molecule has 4 rings (SSSR count). The lowest BCUT2D eigenvalue weighted by Gasteiger charge is -2.39. The number of fused-ring (bicyclic) bond motifs is 1. The number of aromatic amines is 3. The van der Waals surface area contributed by atoms with Gasteiger partial charge in [0.25, 0.3) is 5.56 Å². The van der Waals surface area contributed by atoms with Crippen molar-refractivity contribution in [1.29, 1.82) is 0 Å². The number of rotatable bonds is 8. The first-order chi connectivity index (χ1) is 18.0. The summed E-state index contributed by atoms with van der Waals surface area (Å²) >= 11 is 0. The quantitative estimate of drug-likeness (QED) is 0.240. The van der Waals surface area contributed by atoms with E-state index in [4.69, 9.17) is 0 Å². The topological polar surface area (TPSA) is 153 Å². The molecule has 4 aromatic rings. The predicted octanol–water partition coefficient (Wildman–Crippen LogP) is 3.57. The van der Waals surface area contributed by atoms with E-state index in [1.54, 1.807) is 36.4 Å². The van der Waals surface area contributed by atoms with E-state index < -0.39 is 22.5 Å². The van der Waals surface area contributed by atoms with E-state index in [1.165, 1.54) is 19.9 Å². The Kier molecular flexibility index (Phi) is 7.29. The Hall–Kier alpha value is -4.54. The van der Waals surface area contributed by atoms with Crippen LogP contribution in [0.2, 0.25) is 0 Å². The molecule has 0 saturated carbocycles. The number of hydrogen-bond donors (Lipinski definition) is 5. The summed E-state index contributed by atoms with van der Waals surface area (Å²) in [6.45, 7) is 6.69. The molecule has 2 aromatic carbocycles. The molecule has 0 fully saturated rings. The fourth-order valence-electron chi connectivity index (χ4n) is 4.92. The Labute approximate surface area is 217 Å². The predicted molar refractivity (Wildman–Crippen MR) is 143 cm³/mol. The highest BCUT2D eigenvalue weighted by Gasteiger charge is 2.44. The van der Waals surface area contributed by atoms with Crippen molar-refractivity contribution < 1.29 is 14.0 Å². The Morgan fingerprint density at radius 3 is 2.39 bits per heavy atom. The van der Waals surface area contributed by atoms with Crippen molar-refractivity contribution >= 4 is 34.4 Å². The Bertz CT molecular complexity index is 1640. The van der Waals surface area contributed by atoms with Crippen molar-refractivity contribution in [3.05, 3.63) is 86.1 Å². The van der Waals surface area contributed by atoms with Crippen molar-refractivity contribution in [1.82, 2.24) is 19.9 Å². The maximum absolute atomic E-state index is 15.1. The Morgan fingerprint density at radius 2 is 1.74 bits per heavy atom. The van der Waals surface area contributed by atoms with Gasteiger partial charge in [-0.2, -0.15) is 0 Å². The van der Waals surface area contributed by atoms with Crippen LogP contribution in [-0.4, -0.2) is 31.8 Å². The molecule has 2 atom stereocenters. The van der Waals surface area contributed by atoms with Crippen LogP contribution >= 0.6 is 0 Å². The number of nitrogens with one attached hydrogen (secondary N) is 5. The van der Waals surface area contributed by atoms with Crippen LogP contribution in [0.15, 0.2) is 52.1 Å². The molecule has 0 radical (unpaired) electrons. The molecule has 10 nitrogen and oxygen atoms in total. The molecule has 11 heteroatoms. The summed E-state index contributed by atoms with van der Waals surface area (Å²) in [6, 6.07) is 11.4. The number of halogens is 1. The van der Waals surface area contributed by atoms with Crippen LogP contribution in [0.3, 0.4) is 0 Å². The lowest BCUT2D eigenvalue weighted by atomic mass is 9.65. The van der Waals surface area contributed by atoms with E-state index >= 15 is 4.39 Å². The van der Waals surface area contributed by atoms with Crippen LogP contribution < -0.4 is 21.9 Å². The van der Waals surface area contributed by atoms with Gasteiger partial charge < -0.3 is 15.6 Å². The molecule has 0 spiro atoms.